The van der Waals surface area contributed by atoms with Crippen molar-refractivity contribution >= 4 is 17.6 Å². The zero-order valence-corrected chi connectivity index (χ0v) is 11.9. The van der Waals surface area contributed by atoms with E-state index in [2.05, 4.69) is 16.8 Å². The fraction of sp³-hybridized carbons (Fsp3) is 0.917. The Kier molecular flexibility index (Phi) is 8.56. The summed E-state index contributed by atoms with van der Waals surface area (Å²) in [7, 11) is 0. The van der Waals surface area contributed by atoms with Crippen LogP contribution in [0.4, 0.5) is 0 Å². The van der Waals surface area contributed by atoms with Gasteiger partial charge in [0.15, 0.2) is 0 Å². The maximum absolute atomic E-state index is 11.3. The molecule has 0 aromatic rings. The number of carbonyl (C=O) groups is 1. The van der Waals surface area contributed by atoms with Gasteiger partial charge in [0.1, 0.15) is 5.38 Å². The summed E-state index contributed by atoms with van der Waals surface area (Å²) in [5.41, 5.74) is -0.525. The molecule has 0 fully saturated rings. The molecule has 0 aliphatic rings. The summed E-state index contributed by atoms with van der Waals surface area (Å²) in [6.45, 7) is 7.47. The third kappa shape index (κ3) is 10.5. The van der Waals surface area contributed by atoms with E-state index in [4.69, 9.17) is 16.5 Å². The van der Waals surface area contributed by atoms with E-state index in [1.54, 1.807) is 20.8 Å². The van der Waals surface area contributed by atoms with Crippen molar-refractivity contribution in [1.29, 1.82) is 0 Å². The second-order valence-electron chi connectivity index (χ2n) is 4.98. The second kappa shape index (κ2) is 8.72. The molecule has 0 aliphatic heterocycles. The predicted molar refractivity (Wildman–Crippen MR) is 66.4 cm³/mol. The molecule has 0 N–H and O–H groups in total. The van der Waals surface area contributed by atoms with Gasteiger partial charge in [-0.25, -0.2) is 4.79 Å². The minimum atomic E-state index is -0.671. The van der Waals surface area contributed by atoms with Crippen molar-refractivity contribution in [3.8, 4) is 0 Å². The largest absolute Gasteiger partial charge is 0.363 e. The van der Waals surface area contributed by atoms with Gasteiger partial charge in [0.05, 0.1) is 5.60 Å². The molecule has 0 amide bonds. The number of alkyl halides is 1. The topological polar surface area (TPSA) is 44.8 Å². The van der Waals surface area contributed by atoms with Gasteiger partial charge in [-0.1, -0.05) is 32.6 Å². The molecule has 0 rings (SSSR count). The van der Waals surface area contributed by atoms with Crippen molar-refractivity contribution in [2.75, 3.05) is 0 Å². The van der Waals surface area contributed by atoms with Gasteiger partial charge in [-0.2, -0.15) is 4.89 Å². The van der Waals surface area contributed by atoms with Gasteiger partial charge in [0, 0.05) is 0 Å². The lowest BCUT2D eigenvalue weighted by Crippen LogP contribution is -2.23. The lowest BCUT2D eigenvalue weighted by Gasteiger charge is -2.16. The van der Waals surface area contributed by atoms with Crippen molar-refractivity contribution in [3.05, 3.63) is 0 Å². The van der Waals surface area contributed by atoms with Gasteiger partial charge in [-0.15, -0.1) is 11.6 Å². The Bertz CT molecular complexity index is 213. The summed E-state index contributed by atoms with van der Waals surface area (Å²) in [6.07, 6.45) is 4.89. The molecule has 0 heterocycles. The van der Waals surface area contributed by atoms with E-state index in [9.17, 15) is 4.79 Å². The van der Waals surface area contributed by atoms with Gasteiger partial charge < -0.3 is 0 Å². The van der Waals surface area contributed by atoms with Gasteiger partial charge in [0.2, 0.25) is 0 Å². The summed E-state index contributed by atoms with van der Waals surface area (Å²) in [5.74, 6) is -0.604. The maximum atomic E-state index is 11.3. The van der Waals surface area contributed by atoms with Gasteiger partial charge >= 0.3 is 5.97 Å². The lowest BCUT2D eigenvalue weighted by atomic mass is 10.1. The highest BCUT2D eigenvalue weighted by Crippen LogP contribution is 2.13. The fourth-order valence-corrected chi connectivity index (χ4v) is 1.26. The SMILES string of the molecule is CCCCCCC(Cl)C(=O)OOOC(C)(C)C. The van der Waals surface area contributed by atoms with Crippen LogP contribution in [0.3, 0.4) is 0 Å². The monoisotopic (exact) mass is 266 g/mol. The van der Waals surface area contributed by atoms with Crippen LogP contribution in [0, 0.1) is 0 Å². The Morgan fingerprint density at radius 1 is 1.24 bits per heavy atom. The molecule has 0 aliphatic carbocycles. The first-order chi connectivity index (χ1) is 7.87. The summed E-state index contributed by atoms with van der Waals surface area (Å²) in [5, 5.41) is 3.70. The van der Waals surface area contributed by atoms with E-state index < -0.39 is 16.9 Å². The standard InChI is InChI=1S/C12H23ClO4/c1-5-6-7-8-9-10(13)11(14)15-17-16-12(2,3)4/h10H,5-9H2,1-4H3. The normalized spacial score (nSPS) is 13.5. The van der Waals surface area contributed by atoms with Crippen LogP contribution < -0.4 is 0 Å². The lowest BCUT2D eigenvalue weighted by molar-refractivity contribution is -0.514. The first-order valence-corrected chi connectivity index (χ1v) is 6.50. The Morgan fingerprint density at radius 2 is 1.88 bits per heavy atom. The van der Waals surface area contributed by atoms with Crippen LogP contribution in [-0.4, -0.2) is 16.9 Å². The number of halogens is 1. The van der Waals surface area contributed by atoms with E-state index in [1.807, 2.05) is 0 Å². The molecule has 0 saturated heterocycles. The molecule has 0 saturated carbocycles. The summed E-state index contributed by atoms with van der Waals surface area (Å²) < 4.78 is 0. The molecule has 5 heteroatoms. The van der Waals surface area contributed by atoms with E-state index in [-0.39, 0.29) is 0 Å². The highest BCUT2D eigenvalue weighted by molar-refractivity contribution is 6.29. The van der Waals surface area contributed by atoms with Crippen LogP contribution >= 0.6 is 11.6 Å². The smallest absolute Gasteiger partial charge is 0.267 e. The molecule has 0 aromatic heterocycles. The van der Waals surface area contributed by atoms with Crippen molar-refractivity contribution in [3.63, 3.8) is 0 Å². The Balaban J connectivity index is 3.60. The number of unbranched alkanes of at least 4 members (excludes halogenated alkanes) is 3. The molecule has 1 atom stereocenters. The second-order valence-corrected chi connectivity index (χ2v) is 5.51. The molecule has 0 radical (unpaired) electrons. The average molecular weight is 267 g/mol. The molecular weight excluding hydrogens is 244 g/mol. The molecule has 1 unspecified atom stereocenters. The van der Waals surface area contributed by atoms with Gasteiger partial charge in [-0.05, 0) is 32.2 Å². The molecular formula is C12H23ClO4. The van der Waals surface area contributed by atoms with Crippen molar-refractivity contribution in [2.45, 2.75) is 70.8 Å². The van der Waals surface area contributed by atoms with E-state index in [0.29, 0.717) is 6.42 Å². The predicted octanol–water partition coefficient (Wildman–Crippen LogP) is 3.77. The van der Waals surface area contributed by atoms with E-state index in [0.717, 1.165) is 25.7 Å². The average Bonchev–Trinajstić information content (AvgIpc) is 2.22. The molecule has 102 valence electrons. The zero-order chi connectivity index (χ0) is 13.3. The highest BCUT2D eigenvalue weighted by Gasteiger charge is 2.20. The minimum absolute atomic E-state index is 0.525. The molecule has 0 spiro atoms. The fourth-order valence-electron chi connectivity index (χ4n) is 1.07. The van der Waals surface area contributed by atoms with Crippen LogP contribution in [0.2, 0.25) is 0 Å². The van der Waals surface area contributed by atoms with E-state index in [1.165, 1.54) is 0 Å². The summed E-state index contributed by atoms with van der Waals surface area (Å²) in [4.78, 5) is 20.6. The first kappa shape index (κ1) is 16.7. The Hall–Kier alpha value is -0.320. The number of hydrogen-bond donors (Lipinski definition) is 0. The van der Waals surface area contributed by atoms with Gasteiger partial charge in [0.25, 0.3) is 0 Å². The molecule has 0 bridgehead atoms. The van der Waals surface area contributed by atoms with Crippen LogP contribution in [0.15, 0.2) is 0 Å². The third-order valence-electron chi connectivity index (χ3n) is 1.97. The van der Waals surface area contributed by atoms with Crippen LogP contribution in [-0.2, 0) is 19.6 Å². The highest BCUT2D eigenvalue weighted by atomic mass is 35.5. The molecule has 17 heavy (non-hydrogen) atoms. The summed E-state index contributed by atoms with van der Waals surface area (Å²) >= 11 is 5.85. The number of carbonyl (C=O) groups excluding carboxylic acids is 1. The van der Waals surface area contributed by atoms with Crippen LogP contribution in [0.25, 0.3) is 0 Å². The number of rotatable bonds is 8. The third-order valence-corrected chi connectivity index (χ3v) is 2.36. The first-order valence-electron chi connectivity index (χ1n) is 6.07. The number of hydrogen-bond acceptors (Lipinski definition) is 4. The zero-order valence-electron chi connectivity index (χ0n) is 11.1. The van der Waals surface area contributed by atoms with Crippen molar-refractivity contribution < 1.29 is 19.6 Å². The minimum Gasteiger partial charge on any atom is -0.267 e. The molecule has 4 nitrogen and oxygen atoms in total. The Labute approximate surface area is 108 Å². The van der Waals surface area contributed by atoms with Crippen molar-refractivity contribution in [2.24, 2.45) is 0 Å². The van der Waals surface area contributed by atoms with Crippen LogP contribution in [0.1, 0.15) is 59.8 Å². The maximum Gasteiger partial charge on any atom is 0.363 e. The molecule has 0 aromatic carbocycles. The quantitative estimate of drug-likeness (QED) is 0.290. The van der Waals surface area contributed by atoms with Gasteiger partial charge in [-0.3, -0.25) is 4.89 Å². The Morgan fingerprint density at radius 3 is 2.41 bits per heavy atom. The van der Waals surface area contributed by atoms with Crippen molar-refractivity contribution in [1.82, 2.24) is 0 Å². The van der Waals surface area contributed by atoms with Crippen LogP contribution in [0.5, 0.6) is 0 Å². The summed E-state index contributed by atoms with van der Waals surface area (Å²) in [6, 6.07) is 0. The van der Waals surface area contributed by atoms with E-state index >= 15 is 0 Å².